The van der Waals surface area contributed by atoms with E-state index in [0.717, 1.165) is 19.6 Å². The molecule has 1 nitrogen and oxygen atoms in total. The van der Waals surface area contributed by atoms with Gasteiger partial charge in [-0.1, -0.05) is 36.4 Å². The number of hydrogen-bond donors (Lipinski definition) is 0. The zero-order valence-electron chi connectivity index (χ0n) is 10.4. The summed E-state index contributed by atoms with van der Waals surface area (Å²) in [4.78, 5) is 2.51. The summed E-state index contributed by atoms with van der Waals surface area (Å²) in [5.41, 5.74) is 4.34. The number of hydrogen-bond acceptors (Lipinski definition) is 2. The van der Waals surface area contributed by atoms with Crippen molar-refractivity contribution in [2.75, 3.05) is 13.1 Å². The minimum Gasteiger partial charge on any atom is -0.295 e. The standard InChI is InChI=1S/C16H17NS/c1-2-4-14(5-3-1)12-17-9-6-15(7-10-17)16-8-11-18-13-16/h1-6,8,11,13H,7,9-10,12H2. The average Bonchev–Trinajstić information content (AvgIpc) is 2.95. The van der Waals surface area contributed by atoms with Crippen molar-refractivity contribution in [3.8, 4) is 0 Å². The van der Waals surface area contributed by atoms with Gasteiger partial charge in [0.15, 0.2) is 0 Å². The molecule has 0 bridgehead atoms. The van der Waals surface area contributed by atoms with E-state index >= 15 is 0 Å². The Morgan fingerprint density at radius 2 is 2.00 bits per heavy atom. The smallest absolute Gasteiger partial charge is 0.0237 e. The Bertz CT molecular complexity index is 513. The molecule has 0 radical (unpaired) electrons. The summed E-state index contributed by atoms with van der Waals surface area (Å²) in [5.74, 6) is 0. The van der Waals surface area contributed by atoms with Crippen LogP contribution in [0.1, 0.15) is 17.5 Å². The first kappa shape index (κ1) is 11.7. The summed E-state index contributed by atoms with van der Waals surface area (Å²) >= 11 is 1.78. The molecule has 0 N–H and O–H groups in total. The van der Waals surface area contributed by atoms with Crippen LogP contribution < -0.4 is 0 Å². The lowest BCUT2D eigenvalue weighted by Gasteiger charge is -2.26. The van der Waals surface area contributed by atoms with Crippen LogP contribution in [0.25, 0.3) is 5.57 Å². The van der Waals surface area contributed by atoms with Crippen molar-refractivity contribution < 1.29 is 0 Å². The maximum Gasteiger partial charge on any atom is 0.0237 e. The molecule has 0 unspecified atom stereocenters. The second kappa shape index (κ2) is 5.51. The molecular formula is C16H17NS. The van der Waals surface area contributed by atoms with Gasteiger partial charge in [-0.25, -0.2) is 0 Å². The molecule has 0 fully saturated rings. The van der Waals surface area contributed by atoms with Crippen LogP contribution in [0, 0.1) is 0 Å². The van der Waals surface area contributed by atoms with Crippen molar-refractivity contribution in [2.45, 2.75) is 13.0 Å². The van der Waals surface area contributed by atoms with E-state index in [9.17, 15) is 0 Å². The number of thiophene rings is 1. The summed E-state index contributed by atoms with van der Waals surface area (Å²) < 4.78 is 0. The zero-order valence-corrected chi connectivity index (χ0v) is 11.2. The van der Waals surface area contributed by atoms with Gasteiger partial charge in [-0.15, -0.1) is 0 Å². The van der Waals surface area contributed by atoms with Crippen LogP contribution in [0.3, 0.4) is 0 Å². The Morgan fingerprint density at radius 3 is 2.67 bits per heavy atom. The molecule has 1 aliphatic rings. The fraction of sp³-hybridized carbons (Fsp3) is 0.250. The lowest BCUT2D eigenvalue weighted by atomic mass is 10.0. The van der Waals surface area contributed by atoms with Crippen LogP contribution in [0.2, 0.25) is 0 Å². The summed E-state index contributed by atoms with van der Waals surface area (Å²) in [5, 5.41) is 4.41. The highest BCUT2D eigenvalue weighted by atomic mass is 32.1. The lowest BCUT2D eigenvalue weighted by Crippen LogP contribution is -2.27. The molecule has 1 aromatic heterocycles. The number of rotatable bonds is 3. The Hall–Kier alpha value is -1.38. The van der Waals surface area contributed by atoms with Gasteiger partial charge in [0.1, 0.15) is 0 Å². The highest BCUT2D eigenvalue weighted by Gasteiger charge is 2.13. The maximum atomic E-state index is 2.51. The van der Waals surface area contributed by atoms with Crippen molar-refractivity contribution in [3.05, 3.63) is 64.4 Å². The Morgan fingerprint density at radius 1 is 1.11 bits per heavy atom. The number of nitrogens with zero attached hydrogens (tertiary/aromatic N) is 1. The zero-order chi connectivity index (χ0) is 12.2. The summed E-state index contributed by atoms with van der Waals surface area (Å²) in [6.45, 7) is 3.30. The van der Waals surface area contributed by atoms with Crippen LogP contribution >= 0.6 is 11.3 Å². The molecular weight excluding hydrogens is 238 g/mol. The van der Waals surface area contributed by atoms with Gasteiger partial charge in [0, 0.05) is 19.6 Å². The molecule has 1 aromatic carbocycles. The third-order valence-corrected chi connectivity index (χ3v) is 4.12. The Kier molecular flexibility index (Phi) is 3.58. The van der Waals surface area contributed by atoms with Crippen LogP contribution in [0.4, 0.5) is 0 Å². The van der Waals surface area contributed by atoms with Crippen LogP contribution in [-0.4, -0.2) is 18.0 Å². The molecule has 0 saturated carbocycles. The fourth-order valence-electron chi connectivity index (χ4n) is 2.41. The molecule has 2 heterocycles. The first-order valence-electron chi connectivity index (χ1n) is 6.40. The summed E-state index contributed by atoms with van der Waals surface area (Å²) in [7, 11) is 0. The van der Waals surface area contributed by atoms with Gasteiger partial charge in [0.25, 0.3) is 0 Å². The molecule has 0 saturated heterocycles. The van der Waals surface area contributed by atoms with E-state index < -0.39 is 0 Å². The Balaban J connectivity index is 1.63. The summed E-state index contributed by atoms with van der Waals surface area (Å²) in [6.07, 6.45) is 3.55. The molecule has 1 aliphatic heterocycles. The van der Waals surface area contributed by atoms with Crippen LogP contribution in [-0.2, 0) is 6.54 Å². The van der Waals surface area contributed by atoms with Crippen LogP contribution in [0.5, 0.6) is 0 Å². The molecule has 18 heavy (non-hydrogen) atoms. The molecule has 2 aromatic rings. The van der Waals surface area contributed by atoms with E-state index in [1.54, 1.807) is 11.3 Å². The van der Waals surface area contributed by atoms with Gasteiger partial charge >= 0.3 is 0 Å². The molecule has 2 heteroatoms. The van der Waals surface area contributed by atoms with Gasteiger partial charge in [0.2, 0.25) is 0 Å². The van der Waals surface area contributed by atoms with Crippen molar-refractivity contribution in [3.63, 3.8) is 0 Å². The van der Waals surface area contributed by atoms with E-state index in [0.29, 0.717) is 0 Å². The first-order chi connectivity index (χ1) is 8.92. The van der Waals surface area contributed by atoms with Crippen LogP contribution in [0.15, 0.2) is 53.2 Å². The van der Waals surface area contributed by atoms with Gasteiger partial charge in [0.05, 0.1) is 0 Å². The normalized spacial score (nSPS) is 16.6. The largest absolute Gasteiger partial charge is 0.295 e. The predicted octanol–water partition coefficient (Wildman–Crippen LogP) is 4.04. The van der Waals surface area contributed by atoms with E-state index in [1.807, 2.05) is 0 Å². The molecule has 0 atom stereocenters. The lowest BCUT2D eigenvalue weighted by molar-refractivity contribution is 0.294. The monoisotopic (exact) mass is 255 g/mol. The average molecular weight is 255 g/mol. The maximum absolute atomic E-state index is 2.51. The van der Waals surface area contributed by atoms with E-state index in [2.05, 4.69) is 58.1 Å². The van der Waals surface area contributed by atoms with E-state index in [4.69, 9.17) is 0 Å². The topological polar surface area (TPSA) is 3.24 Å². The second-order valence-electron chi connectivity index (χ2n) is 4.71. The second-order valence-corrected chi connectivity index (χ2v) is 5.49. The first-order valence-corrected chi connectivity index (χ1v) is 7.34. The highest BCUT2D eigenvalue weighted by Crippen LogP contribution is 2.24. The Labute approximate surface area is 112 Å². The van der Waals surface area contributed by atoms with Crippen molar-refractivity contribution in [1.29, 1.82) is 0 Å². The van der Waals surface area contributed by atoms with Gasteiger partial charge in [-0.2, -0.15) is 11.3 Å². The minimum absolute atomic E-state index is 1.06. The number of benzene rings is 1. The third-order valence-electron chi connectivity index (χ3n) is 3.43. The molecule has 3 rings (SSSR count). The van der Waals surface area contributed by atoms with Gasteiger partial charge in [-0.3, -0.25) is 4.90 Å². The minimum atomic E-state index is 1.06. The van der Waals surface area contributed by atoms with E-state index in [1.165, 1.54) is 23.1 Å². The predicted molar refractivity (Wildman–Crippen MR) is 78.6 cm³/mol. The van der Waals surface area contributed by atoms with Crippen molar-refractivity contribution in [2.24, 2.45) is 0 Å². The van der Waals surface area contributed by atoms with Crippen molar-refractivity contribution in [1.82, 2.24) is 4.90 Å². The SMILES string of the molecule is C1=C(c2ccsc2)CCN(Cc2ccccc2)C1. The summed E-state index contributed by atoms with van der Waals surface area (Å²) in [6, 6.07) is 13.0. The third kappa shape index (κ3) is 2.71. The fourth-order valence-corrected chi connectivity index (χ4v) is 3.09. The molecule has 0 amide bonds. The quantitative estimate of drug-likeness (QED) is 0.800. The molecule has 0 aliphatic carbocycles. The van der Waals surface area contributed by atoms with Gasteiger partial charge in [-0.05, 0) is 39.9 Å². The molecule has 92 valence electrons. The highest BCUT2D eigenvalue weighted by molar-refractivity contribution is 7.08. The molecule has 0 spiro atoms. The van der Waals surface area contributed by atoms with E-state index in [-0.39, 0.29) is 0 Å². The van der Waals surface area contributed by atoms with Crippen molar-refractivity contribution >= 4 is 16.9 Å². The van der Waals surface area contributed by atoms with Gasteiger partial charge < -0.3 is 0 Å².